The van der Waals surface area contributed by atoms with Gasteiger partial charge in [0, 0.05) is 11.5 Å². The first-order valence-electron chi connectivity index (χ1n) is 21.8. The number of aliphatic hydroxyl groups excluding tert-OH is 6. The molecule has 53 heavy (non-hydrogen) atoms. The fourth-order valence-corrected chi connectivity index (χ4v) is 6.80. The molecular weight excluding hydrogens is 680 g/mol. The molecule has 0 aromatic rings. The molecule has 0 aromatic heterocycles. The molecule has 6 atom stereocenters. The monoisotopic (exact) mass is 763 g/mol. The molecule has 0 aliphatic rings. The lowest BCUT2D eigenvalue weighted by Crippen LogP contribution is -2.52. The number of carbonyl (C=O) groups is 2. The molecule has 0 fully saturated rings. The average Bonchev–Trinajstić information content (AvgIpc) is 3.16. The molecule has 0 saturated carbocycles. The lowest BCUT2D eigenvalue weighted by Gasteiger charge is -2.31. The third-order valence-electron chi connectivity index (χ3n) is 10.4. The summed E-state index contributed by atoms with van der Waals surface area (Å²) >= 11 is 0. The van der Waals surface area contributed by atoms with Crippen LogP contribution in [0.3, 0.4) is 0 Å². The van der Waals surface area contributed by atoms with Crippen LogP contribution in [0.1, 0.15) is 213 Å². The molecule has 0 amide bonds. The largest absolute Gasteiger partial charge is 0.394 e. The van der Waals surface area contributed by atoms with Crippen molar-refractivity contribution in [2.45, 2.75) is 243 Å². The molecule has 0 heterocycles. The normalized spacial score (nSPS) is 15.1. The lowest BCUT2D eigenvalue weighted by molar-refractivity contribution is -0.461. The van der Waals surface area contributed by atoms with Gasteiger partial charge in [-0.25, -0.2) is 9.59 Å². The van der Waals surface area contributed by atoms with Crippen molar-refractivity contribution in [1.82, 2.24) is 0 Å². The van der Waals surface area contributed by atoms with Crippen LogP contribution in [0.25, 0.3) is 0 Å². The van der Waals surface area contributed by atoms with Gasteiger partial charge in [0.1, 0.15) is 24.4 Å². The first kappa shape index (κ1) is 51.7. The molecule has 2 unspecified atom stereocenters. The zero-order valence-corrected chi connectivity index (χ0v) is 33.8. The smallest absolute Gasteiger partial charge is 0.352 e. The molecule has 0 saturated heterocycles. The molecule has 0 aliphatic carbocycles. The van der Waals surface area contributed by atoms with Crippen molar-refractivity contribution < 1.29 is 55.0 Å². The van der Waals surface area contributed by atoms with Gasteiger partial charge in [-0.05, 0) is 12.8 Å². The van der Waals surface area contributed by atoms with Crippen molar-refractivity contribution in [3.63, 3.8) is 0 Å². The van der Waals surface area contributed by atoms with E-state index in [-0.39, 0.29) is 12.8 Å². The van der Waals surface area contributed by atoms with E-state index in [9.17, 15) is 35.1 Å². The summed E-state index contributed by atoms with van der Waals surface area (Å²) in [6.07, 6.45) is 24.4. The van der Waals surface area contributed by atoms with Crippen LogP contribution in [0, 0.1) is 5.92 Å². The Morgan fingerprint density at radius 3 is 1.15 bits per heavy atom. The Kier molecular flexibility index (Phi) is 36.6. The Morgan fingerprint density at radius 2 is 0.774 bits per heavy atom. The van der Waals surface area contributed by atoms with Gasteiger partial charge in [-0.1, -0.05) is 194 Å². The van der Waals surface area contributed by atoms with E-state index in [1.807, 2.05) is 0 Å². The Hall–Kier alpha value is -1.34. The predicted molar refractivity (Wildman–Crippen MR) is 208 cm³/mol. The van der Waals surface area contributed by atoms with Gasteiger partial charge < -0.3 is 30.6 Å². The van der Waals surface area contributed by atoms with E-state index in [2.05, 4.69) is 28.7 Å². The van der Waals surface area contributed by atoms with Crippen LogP contribution >= 0.6 is 0 Å². The molecule has 0 radical (unpaired) electrons. The maximum absolute atomic E-state index is 12.9. The van der Waals surface area contributed by atoms with Gasteiger partial charge in [-0.15, -0.1) is 0 Å². The Labute approximate surface area is 322 Å². The van der Waals surface area contributed by atoms with Gasteiger partial charge >= 0.3 is 11.9 Å². The zero-order chi connectivity index (χ0) is 39.4. The third kappa shape index (κ3) is 29.6. The van der Waals surface area contributed by atoms with Crippen LogP contribution in [-0.2, 0) is 24.4 Å². The summed E-state index contributed by atoms with van der Waals surface area (Å²) in [6, 6.07) is 0. The molecule has 316 valence electrons. The highest BCUT2D eigenvalue weighted by Gasteiger charge is 2.41. The number of unbranched alkanes of at least 4 members (excludes halogenated alkanes) is 27. The first-order chi connectivity index (χ1) is 25.7. The first-order valence-corrected chi connectivity index (χ1v) is 21.8. The molecule has 0 aromatic carbocycles. The molecule has 11 nitrogen and oxygen atoms in total. The van der Waals surface area contributed by atoms with Crippen molar-refractivity contribution in [3.8, 4) is 0 Å². The van der Waals surface area contributed by atoms with Crippen LogP contribution in [0.15, 0.2) is 0 Å². The van der Waals surface area contributed by atoms with Gasteiger partial charge in [-0.3, -0.25) is 9.78 Å². The van der Waals surface area contributed by atoms with Gasteiger partial charge in [0.2, 0.25) is 0 Å². The van der Waals surface area contributed by atoms with E-state index in [1.165, 1.54) is 128 Å². The van der Waals surface area contributed by atoms with E-state index in [0.717, 1.165) is 44.9 Å². The standard InChI is InChI=1S/C42H82O11/c1-3-5-7-9-11-13-15-17-19-21-23-25-27-29-31-33-37(45)51-53-52-42(50)35(38(46)40(48)41(49)39(47)36(44)34-43)32-30-28-26-24-22-20-18-16-14-12-10-8-6-4-2/h35-36,38-41,43-44,46-49H,3-34H2,1-2H3/t35?,36-,38?,39+,40+,41-/m0/s1. The predicted octanol–water partition coefficient (Wildman–Crippen LogP) is 8.47. The minimum Gasteiger partial charge on any atom is -0.394 e. The van der Waals surface area contributed by atoms with Gasteiger partial charge in [-0.2, -0.15) is 0 Å². The molecule has 11 heteroatoms. The summed E-state index contributed by atoms with van der Waals surface area (Å²) in [7, 11) is 0. The fourth-order valence-electron chi connectivity index (χ4n) is 6.80. The van der Waals surface area contributed by atoms with Crippen molar-refractivity contribution in [2.75, 3.05) is 6.61 Å². The van der Waals surface area contributed by atoms with E-state index >= 15 is 0 Å². The highest BCUT2D eigenvalue weighted by Crippen LogP contribution is 2.23. The Balaban J connectivity index is 4.41. The van der Waals surface area contributed by atoms with Gasteiger partial charge in [0.15, 0.2) is 0 Å². The Bertz CT molecular complexity index is 814. The van der Waals surface area contributed by atoms with Crippen LogP contribution in [0.2, 0.25) is 0 Å². The minimum absolute atomic E-state index is 0.0664. The summed E-state index contributed by atoms with van der Waals surface area (Å²) in [4.78, 5) is 34.3. The highest BCUT2D eigenvalue weighted by molar-refractivity contribution is 5.72. The number of hydrogen-bond acceptors (Lipinski definition) is 11. The molecule has 0 aliphatic heterocycles. The van der Waals surface area contributed by atoms with Crippen molar-refractivity contribution in [2.24, 2.45) is 5.92 Å². The maximum atomic E-state index is 12.9. The van der Waals surface area contributed by atoms with E-state index in [1.54, 1.807) is 0 Å². The average molecular weight is 763 g/mol. The summed E-state index contributed by atoms with van der Waals surface area (Å²) in [5.41, 5.74) is 0. The lowest BCUT2D eigenvalue weighted by atomic mass is 9.88. The van der Waals surface area contributed by atoms with Crippen molar-refractivity contribution in [3.05, 3.63) is 0 Å². The number of aliphatic hydroxyl groups is 6. The quantitative estimate of drug-likeness (QED) is 0.0200. The highest BCUT2D eigenvalue weighted by atomic mass is 17.5. The molecule has 0 spiro atoms. The molecule has 6 N–H and O–H groups in total. The van der Waals surface area contributed by atoms with E-state index in [0.29, 0.717) is 12.8 Å². The topological polar surface area (TPSA) is 183 Å². The second kappa shape index (κ2) is 37.6. The van der Waals surface area contributed by atoms with Crippen LogP contribution < -0.4 is 0 Å². The number of carbonyl (C=O) groups excluding carboxylic acids is 2. The second-order valence-corrected chi connectivity index (χ2v) is 15.3. The SMILES string of the molecule is CCCCCCCCCCCCCCCCCC(=O)OOOC(=O)C(CCCCCCCCCCCCCCCC)C(O)[C@@H](O)[C@@H](O)[C@H](O)[C@@H](O)CO. The van der Waals surface area contributed by atoms with Crippen molar-refractivity contribution >= 4 is 11.9 Å². The van der Waals surface area contributed by atoms with E-state index < -0.39 is 55.0 Å². The zero-order valence-electron chi connectivity index (χ0n) is 33.8. The van der Waals surface area contributed by atoms with E-state index in [4.69, 9.17) is 5.11 Å². The van der Waals surface area contributed by atoms with Crippen molar-refractivity contribution in [1.29, 1.82) is 0 Å². The second-order valence-electron chi connectivity index (χ2n) is 15.3. The number of hydrogen-bond donors (Lipinski definition) is 6. The van der Waals surface area contributed by atoms with Crippen LogP contribution in [0.5, 0.6) is 0 Å². The number of rotatable bonds is 40. The minimum atomic E-state index is -2.06. The summed E-state index contributed by atoms with van der Waals surface area (Å²) in [5, 5.41) is 64.8. The fraction of sp³-hybridized carbons (Fsp3) is 0.952. The molecule has 0 rings (SSSR count). The van der Waals surface area contributed by atoms with Gasteiger partial charge in [0.05, 0.1) is 18.6 Å². The van der Waals surface area contributed by atoms with Crippen LogP contribution in [-0.4, -0.2) is 79.7 Å². The Morgan fingerprint density at radius 1 is 0.434 bits per heavy atom. The summed E-state index contributed by atoms with van der Waals surface area (Å²) < 4.78 is 0. The summed E-state index contributed by atoms with van der Waals surface area (Å²) in [5.74, 6) is -3.20. The van der Waals surface area contributed by atoms with Crippen LogP contribution in [0.4, 0.5) is 0 Å². The third-order valence-corrected chi connectivity index (χ3v) is 10.4. The van der Waals surface area contributed by atoms with Gasteiger partial charge in [0.25, 0.3) is 0 Å². The summed E-state index contributed by atoms with van der Waals surface area (Å²) in [6.45, 7) is 3.59. The molecular formula is C42H82O11. The molecule has 0 bridgehead atoms. The maximum Gasteiger partial charge on any atom is 0.352 e.